The van der Waals surface area contributed by atoms with Crippen LogP contribution in [0.15, 0.2) is 18.2 Å². The number of H-pyrrole nitrogens is 1. The van der Waals surface area contributed by atoms with Gasteiger partial charge in [0, 0.05) is 42.5 Å². The van der Waals surface area contributed by atoms with Crippen molar-refractivity contribution in [3.8, 4) is 0 Å². The van der Waals surface area contributed by atoms with Crippen molar-refractivity contribution >= 4 is 33.6 Å². The SMILES string of the molecule is CCc1cccc2[nH]c3c4c(c5c(c3c12)C(=O)N(CN1CCN(C)CC1)C5=O)CCC4. The summed E-state index contributed by atoms with van der Waals surface area (Å²) in [6.45, 7) is 6.22. The van der Waals surface area contributed by atoms with E-state index >= 15 is 0 Å². The number of hydrogen-bond acceptors (Lipinski definition) is 4. The molecule has 3 heterocycles. The van der Waals surface area contributed by atoms with E-state index in [-0.39, 0.29) is 11.8 Å². The van der Waals surface area contributed by atoms with E-state index in [0.29, 0.717) is 17.8 Å². The predicted molar refractivity (Wildman–Crippen MR) is 122 cm³/mol. The maximum absolute atomic E-state index is 13.8. The van der Waals surface area contributed by atoms with Crippen LogP contribution in [0.4, 0.5) is 0 Å². The van der Waals surface area contributed by atoms with Crippen LogP contribution >= 0.6 is 0 Å². The largest absolute Gasteiger partial charge is 0.354 e. The van der Waals surface area contributed by atoms with Crippen molar-refractivity contribution in [2.45, 2.75) is 32.6 Å². The molecular formula is C25H28N4O2. The lowest BCUT2D eigenvalue weighted by atomic mass is 9.92. The molecule has 2 aliphatic heterocycles. The molecule has 6 rings (SSSR count). The summed E-state index contributed by atoms with van der Waals surface area (Å²) in [7, 11) is 2.11. The molecule has 3 aliphatic rings. The fourth-order valence-corrected chi connectivity index (χ4v) is 5.79. The highest BCUT2D eigenvalue weighted by atomic mass is 16.2. The summed E-state index contributed by atoms with van der Waals surface area (Å²) < 4.78 is 0. The summed E-state index contributed by atoms with van der Waals surface area (Å²) in [5.74, 6) is -0.215. The van der Waals surface area contributed by atoms with Crippen molar-refractivity contribution in [3.05, 3.63) is 46.0 Å². The minimum Gasteiger partial charge on any atom is -0.354 e. The van der Waals surface area contributed by atoms with Crippen molar-refractivity contribution < 1.29 is 9.59 Å². The van der Waals surface area contributed by atoms with Gasteiger partial charge in [-0.15, -0.1) is 0 Å². The average Bonchev–Trinajstić information content (AvgIpc) is 3.46. The van der Waals surface area contributed by atoms with Gasteiger partial charge in [0.2, 0.25) is 0 Å². The van der Waals surface area contributed by atoms with E-state index in [4.69, 9.17) is 0 Å². The Balaban J connectivity index is 1.55. The Morgan fingerprint density at radius 3 is 2.45 bits per heavy atom. The van der Waals surface area contributed by atoms with Gasteiger partial charge in [-0.25, -0.2) is 0 Å². The van der Waals surface area contributed by atoms with E-state index in [1.54, 1.807) is 0 Å². The van der Waals surface area contributed by atoms with Crippen LogP contribution in [0.5, 0.6) is 0 Å². The van der Waals surface area contributed by atoms with Gasteiger partial charge in [-0.2, -0.15) is 0 Å². The number of carbonyl (C=O) groups is 2. The van der Waals surface area contributed by atoms with Gasteiger partial charge >= 0.3 is 0 Å². The fourth-order valence-electron chi connectivity index (χ4n) is 5.79. The normalized spacial score (nSPS) is 19.7. The highest BCUT2D eigenvalue weighted by molar-refractivity contribution is 6.31. The van der Waals surface area contributed by atoms with E-state index in [2.05, 4.69) is 47.0 Å². The van der Waals surface area contributed by atoms with Crippen molar-refractivity contribution in [2.75, 3.05) is 39.9 Å². The number of imide groups is 1. The Kier molecular flexibility index (Phi) is 4.24. The number of benzene rings is 2. The molecule has 6 nitrogen and oxygen atoms in total. The lowest BCUT2D eigenvalue weighted by molar-refractivity contribution is 0.0476. The number of nitrogens with zero attached hydrogens (tertiary/aromatic N) is 3. The number of aryl methyl sites for hydroxylation is 2. The van der Waals surface area contributed by atoms with Crippen molar-refractivity contribution in [2.24, 2.45) is 0 Å². The van der Waals surface area contributed by atoms with Gasteiger partial charge in [-0.05, 0) is 55.5 Å². The van der Waals surface area contributed by atoms with Gasteiger partial charge in [-0.1, -0.05) is 19.1 Å². The minimum atomic E-state index is -0.120. The molecule has 160 valence electrons. The third kappa shape index (κ3) is 2.64. The number of likely N-dealkylation sites (N-methyl/N-ethyl adjacent to an activating group) is 1. The number of aromatic nitrogens is 1. The Hall–Kier alpha value is -2.70. The molecule has 6 heteroatoms. The van der Waals surface area contributed by atoms with Crippen LogP contribution < -0.4 is 0 Å². The number of amides is 2. The van der Waals surface area contributed by atoms with Gasteiger partial charge in [-0.3, -0.25) is 19.4 Å². The first kappa shape index (κ1) is 19.0. The summed E-state index contributed by atoms with van der Waals surface area (Å²) >= 11 is 0. The van der Waals surface area contributed by atoms with E-state index in [1.807, 2.05) is 0 Å². The second kappa shape index (κ2) is 6.90. The van der Waals surface area contributed by atoms with Crippen LogP contribution in [0.2, 0.25) is 0 Å². The summed E-state index contributed by atoms with van der Waals surface area (Å²) in [6.07, 6.45) is 3.78. The number of nitrogens with one attached hydrogen (secondary N) is 1. The molecule has 0 spiro atoms. The van der Waals surface area contributed by atoms with Crippen molar-refractivity contribution in [1.29, 1.82) is 0 Å². The number of rotatable bonds is 3. The number of fused-ring (bicyclic) bond motifs is 8. The first-order chi connectivity index (χ1) is 15.1. The highest BCUT2D eigenvalue weighted by Crippen LogP contribution is 2.43. The van der Waals surface area contributed by atoms with Crippen LogP contribution in [0.25, 0.3) is 21.8 Å². The molecule has 0 atom stereocenters. The second-order valence-electron chi connectivity index (χ2n) is 9.23. The molecule has 31 heavy (non-hydrogen) atoms. The van der Waals surface area contributed by atoms with Gasteiger partial charge in [0.1, 0.15) is 0 Å². The van der Waals surface area contributed by atoms with Gasteiger partial charge in [0.05, 0.1) is 23.3 Å². The molecule has 0 bridgehead atoms. The van der Waals surface area contributed by atoms with E-state index in [9.17, 15) is 9.59 Å². The Labute approximate surface area is 181 Å². The number of carbonyl (C=O) groups excluding carboxylic acids is 2. The zero-order chi connectivity index (χ0) is 21.3. The fraction of sp³-hybridized carbons (Fsp3) is 0.440. The summed E-state index contributed by atoms with van der Waals surface area (Å²) in [5, 5.41) is 2.09. The van der Waals surface area contributed by atoms with Crippen LogP contribution in [0, 0.1) is 0 Å². The summed E-state index contributed by atoms with van der Waals surface area (Å²) in [6, 6.07) is 6.30. The zero-order valence-corrected chi connectivity index (χ0v) is 18.3. The van der Waals surface area contributed by atoms with Gasteiger partial charge < -0.3 is 9.88 Å². The first-order valence-corrected chi connectivity index (χ1v) is 11.5. The zero-order valence-electron chi connectivity index (χ0n) is 18.3. The maximum Gasteiger partial charge on any atom is 0.263 e. The quantitative estimate of drug-likeness (QED) is 0.667. The van der Waals surface area contributed by atoms with E-state index in [1.165, 1.54) is 16.0 Å². The molecule has 0 unspecified atom stereocenters. The number of hydrogen-bond donors (Lipinski definition) is 1. The van der Waals surface area contributed by atoms with E-state index < -0.39 is 0 Å². The van der Waals surface area contributed by atoms with Gasteiger partial charge in [0.25, 0.3) is 11.8 Å². The third-order valence-electron chi connectivity index (χ3n) is 7.47. The van der Waals surface area contributed by atoms with E-state index in [0.717, 1.165) is 79.2 Å². The predicted octanol–water partition coefficient (Wildman–Crippen LogP) is 3.17. The third-order valence-corrected chi connectivity index (χ3v) is 7.47. The summed E-state index contributed by atoms with van der Waals surface area (Å²) in [5.41, 5.74) is 7.04. The number of aromatic amines is 1. The molecule has 2 amide bonds. The number of piperazine rings is 1. The smallest absolute Gasteiger partial charge is 0.263 e. The van der Waals surface area contributed by atoms with Crippen LogP contribution in [0.1, 0.15) is 50.8 Å². The average molecular weight is 417 g/mol. The standard InChI is InChI=1S/C25H28N4O2/c1-3-15-6-4-9-18-19(15)21-22-20(16-7-5-8-17(16)23(21)26-18)24(30)29(25(22)31)14-28-12-10-27(2)11-13-28/h4,6,9,26H,3,5,7-8,10-14H2,1-2H3. The summed E-state index contributed by atoms with van der Waals surface area (Å²) in [4.78, 5) is 37.0. The van der Waals surface area contributed by atoms with Crippen molar-refractivity contribution in [1.82, 2.24) is 19.7 Å². The van der Waals surface area contributed by atoms with Gasteiger partial charge in [0.15, 0.2) is 0 Å². The molecule has 3 aromatic rings. The molecule has 1 aliphatic carbocycles. The lowest BCUT2D eigenvalue weighted by Crippen LogP contribution is -2.50. The Morgan fingerprint density at radius 2 is 1.68 bits per heavy atom. The van der Waals surface area contributed by atoms with Crippen LogP contribution in [-0.2, 0) is 19.3 Å². The Bertz CT molecular complexity index is 1250. The van der Waals surface area contributed by atoms with Crippen LogP contribution in [0.3, 0.4) is 0 Å². The monoisotopic (exact) mass is 416 g/mol. The maximum atomic E-state index is 13.8. The minimum absolute atomic E-state index is 0.0951. The molecule has 0 saturated carbocycles. The Morgan fingerprint density at radius 1 is 0.935 bits per heavy atom. The van der Waals surface area contributed by atoms with Crippen LogP contribution in [-0.4, -0.2) is 71.4 Å². The highest BCUT2D eigenvalue weighted by Gasteiger charge is 2.42. The lowest BCUT2D eigenvalue weighted by Gasteiger charge is -2.34. The molecule has 0 radical (unpaired) electrons. The molecule has 1 N–H and O–H groups in total. The second-order valence-corrected chi connectivity index (χ2v) is 9.23. The molecular weight excluding hydrogens is 388 g/mol. The van der Waals surface area contributed by atoms with Crippen molar-refractivity contribution in [3.63, 3.8) is 0 Å². The molecule has 1 saturated heterocycles. The topological polar surface area (TPSA) is 59.7 Å². The molecule has 1 aromatic heterocycles. The first-order valence-electron chi connectivity index (χ1n) is 11.5. The molecule has 1 fully saturated rings. The molecule has 2 aromatic carbocycles.